The van der Waals surface area contributed by atoms with Gasteiger partial charge in [-0.15, -0.1) is 0 Å². The number of nitrogen functional groups attached to an aromatic ring is 1. The van der Waals surface area contributed by atoms with Gasteiger partial charge >= 0.3 is 5.69 Å². The molecule has 0 saturated carbocycles. The van der Waals surface area contributed by atoms with Crippen molar-refractivity contribution in [1.82, 2.24) is 19.1 Å². The first kappa shape index (κ1) is 13.9. The van der Waals surface area contributed by atoms with Crippen LogP contribution in [0.15, 0.2) is 11.1 Å². The van der Waals surface area contributed by atoms with Crippen molar-refractivity contribution in [3.05, 3.63) is 16.8 Å². The number of imidazole rings is 1. The maximum absolute atomic E-state index is 12.3. The summed E-state index contributed by atoms with van der Waals surface area (Å²) in [6.07, 6.45) is -3.63. The highest BCUT2D eigenvalue weighted by Gasteiger charge is 2.45. The van der Waals surface area contributed by atoms with Crippen LogP contribution >= 0.6 is 0 Å². The number of aromatic nitrogens is 4. The van der Waals surface area contributed by atoms with E-state index in [1.165, 1.54) is 17.9 Å². The van der Waals surface area contributed by atoms with Gasteiger partial charge in [0.15, 0.2) is 17.7 Å². The summed E-state index contributed by atoms with van der Waals surface area (Å²) in [5, 5.41) is 29.0. The predicted molar refractivity (Wildman–Crippen MR) is 70.2 cm³/mol. The quantitative estimate of drug-likeness (QED) is 0.468. The molecule has 4 atom stereocenters. The van der Waals surface area contributed by atoms with Gasteiger partial charge in [-0.3, -0.25) is 4.57 Å². The van der Waals surface area contributed by atoms with E-state index in [-0.39, 0.29) is 11.5 Å². The lowest BCUT2D eigenvalue weighted by atomic mass is 10.1. The highest BCUT2D eigenvalue weighted by molar-refractivity contribution is 5.82. The number of aryl methyl sites for hydroxylation is 1. The molecule has 1 aliphatic rings. The Balaban J connectivity index is 2.20. The van der Waals surface area contributed by atoms with Gasteiger partial charge in [0.1, 0.15) is 30.2 Å². The maximum atomic E-state index is 12.3. The number of rotatable bonds is 2. The Kier molecular flexibility index (Phi) is 3.17. The molecule has 2 aromatic rings. The van der Waals surface area contributed by atoms with Gasteiger partial charge in [0.25, 0.3) is 0 Å². The summed E-state index contributed by atoms with van der Waals surface area (Å²) in [4.78, 5) is 20.2. The fraction of sp³-hybridized carbons (Fsp3) is 0.545. The number of aliphatic hydroxyl groups is 3. The third kappa shape index (κ3) is 1.84. The van der Waals surface area contributed by atoms with Crippen LogP contribution in [0, 0.1) is 0 Å². The summed E-state index contributed by atoms with van der Waals surface area (Å²) in [7, 11) is 1.49. The Morgan fingerprint density at radius 3 is 2.71 bits per heavy atom. The Hall–Kier alpha value is -2.01. The van der Waals surface area contributed by atoms with Crippen molar-refractivity contribution < 1.29 is 20.1 Å². The van der Waals surface area contributed by atoms with Crippen molar-refractivity contribution >= 4 is 17.0 Å². The first-order chi connectivity index (χ1) is 9.97. The fourth-order valence-corrected chi connectivity index (χ4v) is 2.55. The summed E-state index contributed by atoms with van der Waals surface area (Å²) in [5.41, 5.74) is 5.71. The van der Waals surface area contributed by atoms with E-state index < -0.39 is 36.8 Å². The SMILES string of the molecule is Cn1c(=O)n([C@H]2O[C@@H](CO)[C@@H](O)[C@H]2O)c2ncnc(N)c21. The lowest BCUT2D eigenvalue weighted by Gasteiger charge is -2.15. The molecule has 0 aromatic carbocycles. The Morgan fingerprint density at radius 2 is 2.10 bits per heavy atom. The zero-order valence-electron chi connectivity index (χ0n) is 11.1. The van der Waals surface area contributed by atoms with E-state index in [0.717, 1.165) is 4.57 Å². The third-order valence-corrected chi connectivity index (χ3v) is 3.66. The standard InChI is InChI=1S/C11H15N5O5/c1-15-5-8(12)13-3-14-9(5)16(11(15)20)10-7(19)6(18)4(2-17)21-10/h3-4,6-7,10,17-19H,2H2,1H3,(H2,12,13,14)/t4-,6+,7+,10-/m0/s1. The van der Waals surface area contributed by atoms with Crippen LogP contribution < -0.4 is 11.4 Å². The van der Waals surface area contributed by atoms with Gasteiger partial charge in [0, 0.05) is 7.05 Å². The Morgan fingerprint density at radius 1 is 1.38 bits per heavy atom. The minimum Gasteiger partial charge on any atom is -0.394 e. The van der Waals surface area contributed by atoms with Crippen LogP contribution in [-0.2, 0) is 11.8 Å². The highest BCUT2D eigenvalue weighted by atomic mass is 16.6. The van der Waals surface area contributed by atoms with Gasteiger partial charge in [0.2, 0.25) is 0 Å². The average molecular weight is 297 g/mol. The summed E-state index contributed by atoms with van der Waals surface area (Å²) in [5.74, 6) is 0.116. The molecule has 2 aromatic heterocycles. The number of hydrogen-bond acceptors (Lipinski definition) is 8. The van der Waals surface area contributed by atoms with E-state index >= 15 is 0 Å². The molecule has 114 valence electrons. The zero-order valence-corrected chi connectivity index (χ0v) is 11.1. The fourth-order valence-electron chi connectivity index (χ4n) is 2.55. The molecule has 1 aliphatic heterocycles. The minimum absolute atomic E-state index is 0.116. The summed E-state index contributed by atoms with van der Waals surface area (Å²) >= 11 is 0. The number of nitrogens with zero attached hydrogens (tertiary/aromatic N) is 4. The van der Waals surface area contributed by atoms with Crippen LogP contribution in [0.2, 0.25) is 0 Å². The number of aliphatic hydroxyl groups excluding tert-OH is 3. The van der Waals surface area contributed by atoms with Crippen molar-refractivity contribution in [1.29, 1.82) is 0 Å². The number of fused-ring (bicyclic) bond motifs is 1. The van der Waals surface area contributed by atoms with Gasteiger partial charge in [-0.05, 0) is 0 Å². The van der Waals surface area contributed by atoms with Crippen LogP contribution in [0.4, 0.5) is 5.82 Å². The van der Waals surface area contributed by atoms with E-state index in [1.54, 1.807) is 0 Å². The monoisotopic (exact) mass is 297 g/mol. The van der Waals surface area contributed by atoms with Crippen LogP contribution in [0.25, 0.3) is 11.2 Å². The molecule has 1 saturated heterocycles. The van der Waals surface area contributed by atoms with Crippen LogP contribution in [0.5, 0.6) is 0 Å². The van der Waals surface area contributed by atoms with E-state index in [9.17, 15) is 15.0 Å². The van der Waals surface area contributed by atoms with E-state index in [0.29, 0.717) is 5.52 Å². The van der Waals surface area contributed by atoms with Crippen LogP contribution in [0.1, 0.15) is 6.23 Å². The van der Waals surface area contributed by atoms with Crippen molar-refractivity contribution in [2.75, 3.05) is 12.3 Å². The molecule has 0 amide bonds. The van der Waals surface area contributed by atoms with Gasteiger partial charge in [0.05, 0.1) is 6.61 Å². The van der Waals surface area contributed by atoms with Crippen molar-refractivity contribution in [3.8, 4) is 0 Å². The zero-order chi connectivity index (χ0) is 15.3. The number of nitrogens with two attached hydrogens (primary N) is 1. The van der Waals surface area contributed by atoms with E-state index in [1.807, 2.05) is 0 Å². The summed E-state index contributed by atoms with van der Waals surface area (Å²) < 4.78 is 7.69. The highest BCUT2D eigenvalue weighted by Crippen LogP contribution is 2.30. The molecule has 0 radical (unpaired) electrons. The smallest absolute Gasteiger partial charge is 0.332 e. The molecule has 10 nitrogen and oxygen atoms in total. The molecule has 0 unspecified atom stereocenters. The normalized spacial score (nSPS) is 29.3. The lowest BCUT2D eigenvalue weighted by molar-refractivity contribution is -0.0527. The van der Waals surface area contributed by atoms with Gasteiger partial charge in [-0.25, -0.2) is 19.3 Å². The summed E-state index contributed by atoms with van der Waals surface area (Å²) in [6.45, 7) is -0.481. The van der Waals surface area contributed by atoms with E-state index in [2.05, 4.69) is 9.97 Å². The Labute approximate surface area is 118 Å². The topological polar surface area (TPSA) is 149 Å². The predicted octanol–water partition coefficient (Wildman–Crippen LogP) is -2.68. The summed E-state index contributed by atoms with van der Waals surface area (Å²) in [6, 6.07) is 0. The van der Waals surface area contributed by atoms with Crippen molar-refractivity contribution in [2.24, 2.45) is 7.05 Å². The third-order valence-electron chi connectivity index (χ3n) is 3.66. The largest absolute Gasteiger partial charge is 0.394 e. The molecular formula is C11H15N5O5. The van der Waals surface area contributed by atoms with Crippen molar-refractivity contribution in [2.45, 2.75) is 24.5 Å². The second kappa shape index (κ2) is 4.77. The number of ether oxygens (including phenoxy) is 1. The number of anilines is 1. The number of hydrogen-bond donors (Lipinski definition) is 4. The maximum Gasteiger partial charge on any atom is 0.332 e. The Bertz CT molecular complexity index is 740. The minimum atomic E-state index is -1.37. The molecule has 0 aliphatic carbocycles. The molecule has 1 fully saturated rings. The first-order valence-electron chi connectivity index (χ1n) is 6.27. The van der Waals surface area contributed by atoms with E-state index in [4.69, 9.17) is 15.6 Å². The lowest BCUT2D eigenvalue weighted by Crippen LogP contribution is -2.35. The van der Waals surface area contributed by atoms with Crippen molar-refractivity contribution in [3.63, 3.8) is 0 Å². The second-order valence-electron chi connectivity index (χ2n) is 4.87. The second-order valence-corrected chi connectivity index (χ2v) is 4.87. The molecule has 3 heterocycles. The average Bonchev–Trinajstić information content (AvgIpc) is 2.88. The van der Waals surface area contributed by atoms with Gasteiger partial charge in [-0.1, -0.05) is 0 Å². The molecule has 5 N–H and O–H groups in total. The molecular weight excluding hydrogens is 282 g/mol. The molecule has 10 heteroatoms. The first-order valence-corrected chi connectivity index (χ1v) is 6.27. The molecule has 3 rings (SSSR count). The van der Waals surface area contributed by atoms with Gasteiger partial charge < -0.3 is 25.8 Å². The van der Waals surface area contributed by atoms with Crippen LogP contribution in [0.3, 0.4) is 0 Å². The van der Waals surface area contributed by atoms with Crippen LogP contribution in [-0.4, -0.2) is 59.3 Å². The molecule has 0 spiro atoms. The molecule has 0 bridgehead atoms. The van der Waals surface area contributed by atoms with Gasteiger partial charge in [-0.2, -0.15) is 0 Å². The molecule has 21 heavy (non-hydrogen) atoms.